The number of nitrogens with one attached hydrogen (secondary N) is 1. The van der Waals surface area contributed by atoms with E-state index >= 15 is 0 Å². The zero-order chi connectivity index (χ0) is 22.2. The largest absolute Gasteiger partial charge is 0.352 e. The maximum absolute atomic E-state index is 13.3. The van der Waals surface area contributed by atoms with Crippen molar-refractivity contribution < 1.29 is 13.2 Å². The van der Waals surface area contributed by atoms with Gasteiger partial charge in [-0.15, -0.1) is 0 Å². The number of thioether (sulfide) groups is 1. The Morgan fingerprint density at radius 1 is 1.26 bits per heavy atom. The fraction of sp³-hybridized carbons (Fsp3) is 0.286. The second-order valence-electron chi connectivity index (χ2n) is 7.39. The molecule has 1 saturated heterocycles. The minimum absolute atomic E-state index is 0.000934. The normalized spacial score (nSPS) is 17.7. The number of hydrogen-bond donors (Lipinski definition) is 1. The van der Waals surface area contributed by atoms with E-state index in [9.17, 15) is 18.0 Å². The number of amides is 1. The minimum atomic E-state index is -3.08. The summed E-state index contributed by atoms with van der Waals surface area (Å²) in [4.78, 5) is 30.4. The van der Waals surface area contributed by atoms with Crippen molar-refractivity contribution in [1.82, 2.24) is 14.9 Å². The van der Waals surface area contributed by atoms with Gasteiger partial charge >= 0.3 is 0 Å². The van der Waals surface area contributed by atoms with E-state index in [-0.39, 0.29) is 34.8 Å². The van der Waals surface area contributed by atoms with Crippen LogP contribution in [0.25, 0.3) is 16.6 Å². The molecule has 1 aliphatic rings. The molecule has 2 heterocycles. The quantitative estimate of drug-likeness (QED) is 0.448. The predicted octanol–water partition coefficient (Wildman–Crippen LogP) is 2.74. The molecule has 1 fully saturated rings. The number of carbonyl (C=O) groups is 1. The Morgan fingerprint density at radius 2 is 2.03 bits per heavy atom. The van der Waals surface area contributed by atoms with Gasteiger partial charge < -0.3 is 5.32 Å². The van der Waals surface area contributed by atoms with E-state index in [1.165, 1.54) is 4.57 Å². The molecule has 0 aliphatic carbocycles. The molecule has 1 aliphatic heterocycles. The van der Waals surface area contributed by atoms with Crippen LogP contribution in [0.3, 0.4) is 0 Å². The number of nitrogens with zero attached hydrogens (tertiary/aromatic N) is 2. The third-order valence-corrected chi connectivity index (χ3v) is 8.27. The van der Waals surface area contributed by atoms with Crippen molar-refractivity contribution in [3.63, 3.8) is 0 Å². The van der Waals surface area contributed by atoms with E-state index in [4.69, 9.17) is 11.6 Å². The van der Waals surface area contributed by atoms with Crippen LogP contribution >= 0.6 is 23.4 Å². The molecule has 2 aromatic carbocycles. The zero-order valence-electron chi connectivity index (χ0n) is 16.7. The van der Waals surface area contributed by atoms with Gasteiger partial charge in [-0.2, -0.15) is 0 Å². The van der Waals surface area contributed by atoms with Gasteiger partial charge in [0.2, 0.25) is 5.91 Å². The van der Waals surface area contributed by atoms with E-state index in [0.29, 0.717) is 33.2 Å². The summed E-state index contributed by atoms with van der Waals surface area (Å²) in [6, 6.07) is 11.9. The average molecular weight is 478 g/mol. The average Bonchev–Trinajstić information content (AvgIpc) is 3.07. The second-order valence-corrected chi connectivity index (χ2v) is 11.0. The summed E-state index contributed by atoms with van der Waals surface area (Å²) in [5, 5.41) is 4.11. The van der Waals surface area contributed by atoms with Gasteiger partial charge in [0.15, 0.2) is 15.0 Å². The fourth-order valence-electron chi connectivity index (χ4n) is 3.57. The first-order valence-corrected chi connectivity index (χ1v) is 12.8. The molecule has 4 rings (SSSR count). The lowest BCUT2D eigenvalue weighted by atomic mass is 10.2. The van der Waals surface area contributed by atoms with Crippen LogP contribution in [-0.4, -0.2) is 47.2 Å². The van der Waals surface area contributed by atoms with Crippen molar-refractivity contribution in [2.45, 2.75) is 24.5 Å². The van der Waals surface area contributed by atoms with Gasteiger partial charge in [-0.25, -0.2) is 13.4 Å². The third kappa shape index (κ3) is 4.63. The van der Waals surface area contributed by atoms with Crippen molar-refractivity contribution in [1.29, 1.82) is 0 Å². The van der Waals surface area contributed by atoms with Gasteiger partial charge in [0.05, 0.1) is 33.8 Å². The van der Waals surface area contributed by atoms with Crippen molar-refractivity contribution in [2.75, 3.05) is 17.3 Å². The van der Waals surface area contributed by atoms with Gasteiger partial charge in [-0.3, -0.25) is 14.2 Å². The molecule has 162 valence electrons. The van der Waals surface area contributed by atoms with Crippen LogP contribution in [0.5, 0.6) is 0 Å². The number of para-hydroxylation sites is 1. The number of rotatable bonds is 5. The number of benzene rings is 2. The SMILES string of the molecule is Cc1c(Cl)cccc1-n1c(SCC(=O)NC2CCS(=O)(=O)C2)nc2ccccc2c1=O. The lowest BCUT2D eigenvalue weighted by Gasteiger charge is -2.16. The Hall–Kier alpha value is -2.36. The number of hydrogen-bond acceptors (Lipinski definition) is 6. The van der Waals surface area contributed by atoms with Crippen LogP contribution in [0, 0.1) is 6.92 Å². The molecule has 1 atom stereocenters. The Bertz CT molecular complexity index is 1340. The van der Waals surface area contributed by atoms with Crippen LogP contribution in [0.4, 0.5) is 0 Å². The Kier molecular flexibility index (Phi) is 6.09. The Labute approximate surface area is 188 Å². The highest BCUT2D eigenvalue weighted by molar-refractivity contribution is 7.99. The van der Waals surface area contributed by atoms with Gasteiger partial charge in [-0.05, 0) is 43.2 Å². The molecule has 0 bridgehead atoms. The lowest BCUT2D eigenvalue weighted by Crippen LogP contribution is -2.36. The van der Waals surface area contributed by atoms with Gasteiger partial charge in [0.25, 0.3) is 5.56 Å². The molecule has 10 heteroatoms. The first-order valence-electron chi connectivity index (χ1n) is 9.65. The summed E-state index contributed by atoms with van der Waals surface area (Å²) in [5.74, 6) is -0.250. The van der Waals surface area contributed by atoms with E-state index in [1.807, 2.05) is 6.92 Å². The molecule has 3 aromatic rings. The molecule has 1 unspecified atom stereocenters. The smallest absolute Gasteiger partial charge is 0.266 e. The van der Waals surface area contributed by atoms with Crippen molar-refractivity contribution in [3.8, 4) is 5.69 Å². The Balaban J connectivity index is 1.67. The van der Waals surface area contributed by atoms with Crippen molar-refractivity contribution in [3.05, 3.63) is 63.4 Å². The number of fused-ring (bicyclic) bond motifs is 1. The van der Waals surface area contributed by atoms with Gasteiger partial charge in [-0.1, -0.05) is 41.6 Å². The highest BCUT2D eigenvalue weighted by atomic mass is 35.5. The van der Waals surface area contributed by atoms with Crippen molar-refractivity contribution >= 4 is 50.0 Å². The molecule has 1 N–H and O–H groups in total. The third-order valence-electron chi connectivity index (χ3n) is 5.15. The molecule has 0 spiro atoms. The maximum Gasteiger partial charge on any atom is 0.266 e. The van der Waals surface area contributed by atoms with E-state index in [0.717, 1.165) is 17.3 Å². The highest BCUT2D eigenvalue weighted by Crippen LogP contribution is 2.26. The predicted molar refractivity (Wildman–Crippen MR) is 123 cm³/mol. The molecular weight excluding hydrogens is 458 g/mol. The fourth-order valence-corrected chi connectivity index (χ4v) is 6.23. The lowest BCUT2D eigenvalue weighted by molar-refractivity contribution is -0.119. The Morgan fingerprint density at radius 3 is 2.77 bits per heavy atom. The standard InChI is InChI=1S/C21H20ClN3O4S2/c1-13-16(22)6-4-8-18(13)25-20(27)15-5-2-3-7-17(15)24-21(25)30-11-19(26)23-14-9-10-31(28,29)12-14/h2-8,14H,9-12H2,1H3,(H,23,26). The van der Waals surface area contributed by atoms with Crippen LogP contribution in [-0.2, 0) is 14.6 Å². The summed E-state index contributed by atoms with van der Waals surface area (Å²) in [5.41, 5.74) is 1.61. The summed E-state index contributed by atoms with van der Waals surface area (Å²) < 4.78 is 24.7. The van der Waals surface area contributed by atoms with E-state index in [1.54, 1.807) is 42.5 Å². The zero-order valence-corrected chi connectivity index (χ0v) is 19.1. The highest BCUT2D eigenvalue weighted by Gasteiger charge is 2.29. The van der Waals surface area contributed by atoms with Crippen LogP contribution in [0.1, 0.15) is 12.0 Å². The van der Waals surface area contributed by atoms with Crippen LogP contribution < -0.4 is 10.9 Å². The van der Waals surface area contributed by atoms with E-state index in [2.05, 4.69) is 10.3 Å². The van der Waals surface area contributed by atoms with Crippen LogP contribution in [0.15, 0.2) is 52.4 Å². The molecule has 31 heavy (non-hydrogen) atoms. The first kappa shape index (κ1) is 21.9. The second kappa shape index (κ2) is 8.64. The monoisotopic (exact) mass is 477 g/mol. The molecule has 0 radical (unpaired) electrons. The summed E-state index contributed by atoms with van der Waals surface area (Å²) in [6.45, 7) is 1.82. The summed E-state index contributed by atoms with van der Waals surface area (Å²) in [7, 11) is -3.08. The number of aromatic nitrogens is 2. The summed E-state index contributed by atoms with van der Waals surface area (Å²) >= 11 is 7.40. The molecule has 7 nitrogen and oxygen atoms in total. The van der Waals surface area contributed by atoms with Gasteiger partial charge in [0, 0.05) is 11.1 Å². The maximum atomic E-state index is 13.3. The number of sulfone groups is 1. The number of carbonyl (C=O) groups excluding carboxylic acids is 1. The van der Waals surface area contributed by atoms with Gasteiger partial charge in [0.1, 0.15) is 0 Å². The van der Waals surface area contributed by atoms with E-state index < -0.39 is 9.84 Å². The minimum Gasteiger partial charge on any atom is -0.352 e. The first-order chi connectivity index (χ1) is 14.7. The molecule has 0 saturated carbocycles. The molecular formula is C21H20ClN3O4S2. The van der Waals surface area contributed by atoms with Crippen molar-refractivity contribution in [2.24, 2.45) is 0 Å². The topological polar surface area (TPSA) is 98.1 Å². The molecule has 1 aromatic heterocycles. The summed E-state index contributed by atoms with van der Waals surface area (Å²) in [6.07, 6.45) is 0.416. The van der Waals surface area contributed by atoms with Crippen LogP contribution in [0.2, 0.25) is 5.02 Å². The molecule has 1 amide bonds. The number of halogens is 1.